The first-order chi connectivity index (χ1) is 12.3. The molecule has 1 aromatic rings. The fourth-order valence-corrected chi connectivity index (χ4v) is 3.23. The summed E-state index contributed by atoms with van der Waals surface area (Å²) < 4.78 is 5.52. The number of pyridine rings is 1. The molecule has 2 N–H and O–H groups in total. The number of piperidine rings is 1. The number of guanidine groups is 1. The van der Waals surface area contributed by atoms with Gasteiger partial charge in [0.25, 0.3) is 0 Å². The molecule has 0 atom stereocenters. The van der Waals surface area contributed by atoms with Gasteiger partial charge in [0.2, 0.25) is 5.88 Å². The highest BCUT2D eigenvalue weighted by Gasteiger charge is 2.31. The second kappa shape index (κ2) is 10.9. The third-order valence-corrected chi connectivity index (χ3v) is 4.87. The number of aromatic nitrogens is 1. The molecule has 7 heteroatoms. The number of ether oxygens (including phenoxy) is 1. The fourth-order valence-electron chi connectivity index (χ4n) is 3.23. The fraction of sp³-hybridized carbons (Fsp3) is 0.684. The van der Waals surface area contributed by atoms with Crippen LogP contribution in [0.25, 0.3) is 0 Å². The van der Waals surface area contributed by atoms with E-state index < -0.39 is 0 Å². The second-order valence-electron chi connectivity index (χ2n) is 6.96. The standard InChI is InChI=1S/C19H31N5O.HI/c1-3-12-25-18-7-4-15(13-21-18)14-22-19(20-2)23-16-8-10-24(11-9-16)17-5-6-17;/h4,7,13,16-17H,3,5-6,8-12,14H2,1-2H3,(H2,20,22,23);1H. The zero-order valence-electron chi connectivity index (χ0n) is 15.9. The van der Waals surface area contributed by atoms with E-state index in [1.165, 1.54) is 38.8 Å². The number of nitrogens with one attached hydrogen (secondary N) is 2. The van der Waals surface area contributed by atoms with Crippen LogP contribution in [0.4, 0.5) is 0 Å². The first-order valence-electron chi connectivity index (χ1n) is 9.57. The van der Waals surface area contributed by atoms with Crippen molar-refractivity contribution in [2.45, 2.75) is 57.7 Å². The summed E-state index contributed by atoms with van der Waals surface area (Å²) in [4.78, 5) is 11.3. The molecule has 0 spiro atoms. The Morgan fingerprint density at radius 1 is 1.27 bits per heavy atom. The maximum atomic E-state index is 5.52. The van der Waals surface area contributed by atoms with Crippen LogP contribution in [0.15, 0.2) is 23.3 Å². The topological polar surface area (TPSA) is 61.8 Å². The van der Waals surface area contributed by atoms with E-state index in [9.17, 15) is 0 Å². The molecule has 2 heterocycles. The van der Waals surface area contributed by atoms with Gasteiger partial charge < -0.3 is 20.3 Å². The molecule has 6 nitrogen and oxygen atoms in total. The Bertz CT molecular complexity index is 554. The summed E-state index contributed by atoms with van der Waals surface area (Å²) in [7, 11) is 1.83. The number of hydrogen-bond donors (Lipinski definition) is 2. The van der Waals surface area contributed by atoms with Crippen molar-refractivity contribution in [3.8, 4) is 5.88 Å². The maximum Gasteiger partial charge on any atom is 0.213 e. The molecule has 0 unspecified atom stereocenters. The van der Waals surface area contributed by atoms with Crippen LogP contribution in [0.3, 0.4) is 0 Å². The van der Waals surface area contributed by atoms with Crippen LogP contribution < -0.4 is 15.4 Å². The van der Waals surface area contributed by atoms with Crippen LogP contribution in [-0.2, 0) is 6.54 Å². The molecule has 0 radical (unpaired) electrons. The highest BCUT2D eigenvalue weighted by molar-refractivity contribution is 14.0. The molecular formula is C19H32IN5O. The number of nitrogens with zero attached hydrogens (tertiary/aromatic N) is 3. The van der Waals surface area contributed by atoms with E-state index in [1.807, 2.05) is 25.4 Å². The minimum absolute atomic E-state index is 0. The molecule has 0 amide bonds. The lowest BCUT2D eigenvalue weighted by Gasteiger charge is -2.33. The van der Waals surface area contributed by atoms with Crippen LogP contribution in [-0.4, -0.2) is 54.7 Å². The normalized spacial score (nSPS) is 18.9. The van der Waals surface area contributed by atoms with Gasteiger partial charge in [0.05, 0.1) is 6.61 Å². The van der Waals surface area contributed by atoms with Crippen molar-refractivity contribution >= 4 is 29.9 Å². The van der Waals surface area contributed by atoms with E-state index in [4.69, 9.17) is 4.74 Å². The lowest BCUT2D eigenvalue weighted by molar-refractivity contribution is 0.197. The Kier molecular flexibility index (Phi) is 8.90. The van der Waals surface area contributed by atoms with Gasteiger partial charge in [0, 0.05) is 51.0 Å². The molecule has 1 aliphatic heterocycles. The lowest BCUT2D eigenvalue weighted by Crippen LogP contribution is -2.48. The van der Waals surface area contributed by atoms with Gasteiger partial charge in [-0.25, -0.2) is 4.98 Å². The molecule has 0 bridgehead atoms. The average Bonchev–Trinajstić information content (AvgIpc) is 3.50. The SMILES string of the molecule is CCCOc1ccc(CNC(=NC)NC2CCN(C3CC3)CC2)cn1.I. The van der Waals surface area contributed by atoms with Gasteiger partial charge in [-0.15, -0.1) is 24.0 Å². The Morgan fingerprint density at radius 2 is 2.04 bits per heavy atom. The van der Waals surface area contributed by atoms with Gasteiger partial charge >= 0.3 is 0 Å². The van der Waals surface area contributed by atoms with Crippen molar-refractivity contribution in [3.63, 3.8) is 0 Å². The second-order valence-corrected chi connectivity index (χ2v) is 6.96. The third kappa shape index (κ3) is 6.57. The molecule has 1 saturated carbocycles. The quantitative estimate of drug-likeness (QED) is 0.363. The van der Waals surface area contributed by atoms with Crippen molar-refractivity contribution in [1.29, 1.82) is 0 Å². The summed E-state index contributed by atoms with van der Waals surface area (Å²) in [6, 6.07) is 5.38. The molecule has 1 saturated heterocycles. The molecule has 2 aliphatic rings. The predicted molar refractivity (Wildman–Crippen MR) is 116 cm³/mol. The largest absolute Gasteiger partial charge is 0.478 e. The summed E-state index contributed by atoms with van der Waals surface area (Å²) in [6.07, 6.45) is 8.05. The predicted octanol–water partition coefficient (Wildman–Crippen LogP) is 2.78. The van der Waals surface area contributed by atoms with E-state index in [0.717, 1.165) is 24.0 Å². The zero-order chi connectivity index (χ0) is 17.5. The van der Waals surface area contributed by atoms with E-state index in [-0.39, 0.29) is 24.0 Å². The van der Waals surface area contributed by atoms with Crippen molar-refractivity contribution < 1.29 is 4.74 Å². The van der Waals surface area contributed by atoms with Gasteiger partial charge in [-0.2, -0.15) is 0 Å². The third-order valence-electron chi connectivity index (χ3n) is 4.87. The van der Waals surface area contributed by atoms with E-state index in [0.29, 0.717) is 25.1 Å². The monoisotopic (exact) mass is 473 g/mol. The van der Waals surface area contributed by atoms with Crippen molar-refractivity contribution in [2.24, 2.45) is 4.99 Å². The Morgan fingerprint density at radius 3 is 2.62 bits per heavy atom. The molecule has 1 aliphatic carbocycles. The first-order valence-corrected chi connectivity index (χ1v) is 9.57. The highest BCUT2D eigenvalue weighted by atomic mass is 127. The smallest absolute Gasteiger partial charge is 0.213 e. The average molecular weight is 473 g/mol. The van der Waals surface area contributed by atoms with E-state index in [2.05, 4.69) is 32.4 Å². The molecular weight excluding hydrogens is 441 g/mol. The summed E-state index contributed by atoms with van der Waals surface area (Å²) in [6.45, 7) is 5.93. The molecule has 1 aromatic heterocycles. The molecule has 26 heavy (non-hydrogen) atoms. The summed E-state index contributed by atoms with van der Waals surface area (Å²) in [5.74, 6) is 1.56. The van der Waals surface area contributed by atoms with Gasteiger partial charge in [0.1, 0.15) is 0 Å². The van der Waals surface area contributed by atoms with Crippen LogP contribution >= 0.6 is 24.0 Å². The van der Waals surface area contributed by atoms with Crippen LogP contribution in [0.2, 0.25) is 0 Å². The number of hydrogen-bond acceptors (Lipinski definition) is 4. The van der Waals surface area contributed by atoms with Crippen LogP contribution in [0.5, 0.6) is 5.88 Å². The summed E-state index contributed by atoms with van der Waals surface area (Å²) >= 11 is 0. The number of aliphatic imine (C=N–C) groups is 1. The first kappa shape index (κ1) is 21.2. The number of likely N-dealkylation sites (tertiary alicyclic amines) is 1. The van der Waals surface area contributed by atoms with Gasteiger partial charge in [0.15, 0.2) is 5.96 Å². The number of halogens is 1. The van der Waals surface area contributed by atoms with Crippen LogP contribution in [0.1, 0.15) is 44.6 Å². The summed E-state index contributed by atoms with van der Waals surface area (Å²) in [5.41, 5.74) is 1.12. The van der Waals surface area contributed by atoms with Crippen molar-refractivity contribution in [3.05, 3.63) is 23.9 Å². The maximum absolute atomic E-state index is 5.52. The van der Waals surface area contributed by atoms with Gasteiger partial charge in [-0.3, -0.25) is 4.99 Å². The zero-order valence-corrected chi connectivity index (χ0v) is 18.2. The highest BCUT2D eigenvalue weighted by Crippen LogP contribution is 2.29. The Balaban J connectivity index is 0.00000243. The molecule has 146 valence electrons. The Hall–Kier alpha value is -1.09. The summed E-state index contributed by atoms with van der Waals surface area (Å²) in [5, 5.41) is 6.95. The molecule has 0 aromatic carbocycles. The van der Waals surface area contributed by atoms with Gasteiger partial charge in [-0.05, 0) is 37.7 Å². The Labute approximate surface area is 174 Å². The van der Waals surface area contributed by atoms with Crippen molar-refractivity contribution in [1.82, 2.24) is 20.5 Å². The van der Waals surface area contributed by atoms with Gasteiger partial charge in [-0.1, -0.05) is 13.0 Å². The van der Waals surface area contributed by atoms with Crippen LogP contribution in [0, 0.1) is 0 Å². The minimum atomic E-state index is 0. The molecule has 3 rings (SSSR count). The van der Waals surface area contributed by atoms with E-state index in [1.54, 1.807) is 0 Å². The molecule has 2 fully saturated rings. The van der Waals surface area contributed by atoms with E-state index >= 15 is 0 Å². The minimum Gasteiger partial charge on any atom is -0.478 e. The lowest BCUT2D eigenvalue weighted by atomic mass is 10.1. The number of rotatable bonds is 7. The van der Waals surface area contributed by atoms with Crippen molar-refractivity contribution in [2.75, 3.05) is 26.7 Å².